The van der Waals surface area contributed by atoms with Gasteiger partial charge in [-0.2, -0.15) is 5.10 Å². The highest BCUT2D eigenvalue weighted by atomic mass is 35.7. The first-order valence-corrected chi connectivity index (χ1v) is 7.30. The summed E-state index contributed by atoms with van der Waals surface area (Å²) in [4.78, 5) is 11.2. The number of halogens is 1. The number of amides is 1. The van der Waals surface area contributed by atoms with Gasteiger partial charge < -0.3 is 5.73 Å². The van der Waals surface area contributed by atoms with Crippen LogP contribution in [0.1, 0.15) is 30.8 Å². The summed E-state index contributed by atoms with van der Waals surface area (Å²) in [5.41, 5.74) is 5.82. The molecule has 0 aliphatic rings. The highest BCUT2D eigenvalue weighted by Crippen LogP contribution is 2.26. The number of nitrogens with zero attached hydrogens (tertiary/aromatic N) is 2. The second kappa shape index (κ2) is 4.66. The van der Waals surface area contributed by atoms with Crippen molar-refractivity contribution in [3.63, 3.8) is 0 Å². The largest absolute Gasteiger partial charge is 0.368 e. The average molecular weight is 280 g/mol. The van der Waals surface area contributed by atoms with Crippen LogP contribution in [-0.4, -0.2) is 24.1 Å². The molecule has 0 aromatic carbocycles. The molecule has 0 saturated carbocycles. The zero-order chi connectivity index (χ0) is 13.4. The molecule has 1 rings (SSSR count). The van der Waals surface area contributed by atoms with E-state index in [1.807, 2.05) is 0 Å². The molecule has 0 fully saturated rings. The molecule has 6 nitrogen and oxygen atoms in total. The summed E-state index contributed by atoms with van der Waals surface area (Å²) in [5.74, 6) is -0.559. The van der Waals surface area contributed by atoms with E-state index in [4.69, 9.17) is 16.4 Å². The summed E-state index contributed by atoms with van der Waals surface area (Å²) in [6.07, 6.45) is 0.430. The van der Waals surface area contributed by atoms with Crippen LogP contribution in [0.5, 0.6) is 0 Å². The van der Waals surface area contributed by atoms with Crippen molar-refractivity contribution in [3.05, 3.63) is 11.4 Å². The van der Waals surface area contributed by atoms with Crippen molar-refractivity contribution in [2.75, 3.05) is 0 Å². The van der Waals surface area contributed by atoms with Gasteiger partial charge in [-0.3, -0.25) is 9.48 Å². The van der Waals surface area contributed by atoms with E-state index in [0.717, 1.165) is 0 Å². The van der Waals surface area contributed by atoms with Crippen molar-refractivity contribution in [3.8, 4) is 0 Å². The lowest BCUT2D eigenvalue weighted by Gasteiger charge is -2.13. The van der Waals surface area contributed by atoms with Gasteiger partial charge in [0.1, 0.15) is 10.9 Å². The summed E-state index contributed by atoms with van der Waals surface area (Å²) in [6, 6.07) is -0.666. The Labute approximate surface area is 104 Å². The van der Waals surface area contributed by atoms with Gasteiger partial charge in [-0.25, -0.2) is 8.42 Å². The average Bonchev–Trinajstić information content (AvgIpc) is 2.41. The van der Waals surface area contributed by atoms with Gasteiger partial charge in [-0.05, 0) is 20.3 Å². The Balaban J connectivity index is 3.45. The molecular formula is C9H14ClN3O3S. The molecular weight excluding hydrogens is 266 g/mol. The molecule has 1 aromatic heterocycles. The van der Waals surface area contributed by atoms with Crippen LogP contribution in [0.15, 0.2) is 4.90 Å². The molecule has 17 heavy (non-hydrogen) atoms. The first kappa shape index (κ1) is 14.0. The van der Waals surface area contributed by atoms with Gasteiger partial charge in [0.25, 0.3) is 9.05 Å². The number of primary amides is 1. The maximum absolute atomic E-state index is 11.4. The number of aromatic nitrogens is 2. The van der Waals surface area contributed by atoms with Crippen LogP contribution in [0.3, 0.4) is 0 Å². The zero-order valence-corrected chi connectivity index (χ0v) is 11.3. The fourth-order valence-corrected chi connectivity index (χ4v) is 3.31. The Morgan fingerprint density at radius 3 is 2.35 bits per heavy atom. The minimum atomic E-state index is -3.87. The molecule has 0 radical (unpaired) electrons. The third-order valence-corrected chi connectivity index (χ3v) is 4.05. The molecule has 0 spiro atoms. The summed E-state index contributed by atoms with van der Waals surface area (Å²) in [6.45, 7) is 4.83. The molecule has 0 bridgehead atoms. The minimum absolute atomic E-state index is 0.0566. The van der Waals surface area contributed by atoms with E-state index >= 15 is 0 Å². The summed E-state index contributed by atoms with van der Waals surface area (Å²) < 4.78 is 24.0. The number of hydrogen-bond acceptors (Lipinski definition) is 4. The number of rotatable bonds is 4. The van der Waals surface area contributed by atoms with E-state index in [0.29, 0.717) is 12.1 Å². The number of carbonyl (C=O) groups excluding carboxylic acids is 1. The Kier molecular flexibility index (Phi) is 3.83. The van der Waals surface area contributed by atoms with Crippen LogP contribution >= 0.6 is 10.7 Å². The minimum Gasteiger partial charge on any atom is -0.368 e. The van der Waals surface area contributed by atoms with Crippen molar-refractivity contribution in [2.45, 2.75) is 38.1 Å². The number of aryl methyl sites for hydroxylation is 1. The van der Waals surface area contributed by atoms with Gasteiger partial charge in [0, 0.05) is 10.7 Å². The number of hydrogen-bond donors (Lipinski definition) is 1. The van der Waals surface area contributed by atoms with Crippen LogP contribution in [0, 0.1) is 13.8 Å². The first-order valence-electron chi connectivity index (χ1n) is 4.99. The Morgan fingerprint density at radius 1 is 1.53 bits per heavy atom. The van der Waals surface area contributed by atoms with Crippen LogP contribution in [-0.2, 0) is 13.8 Å². The standard InChI is InChI=1S/C9H14ClN3O3S/c1-4-7(9(11)14)13-6(3)8(5(2)12-13)17(10,15)16/h7H,4H2,1-3H3,(H2,11,14). The Bertz CT molecular complexity index is 550. The molecule has 2 N–H and O–H groups in total. The van der Waals surface area contributed by atoms with Crippen LogP contribution in [0.25, 0.3) is 0 Å². The van der Waals surface area contributed by atoms with E-state index in [9.17, 15) is 13.2 Å². The molecule has 1 unspecified atom stereocenters. The first-order chi connectivity index (χ1) is 7.70. The SMILES string of the molecule is CCC(C(N)=O)n1nc(C)c(S(=O)(=O)Cl)c1C. The molecule has 0 saturated heterocycles. The van der Waals surface area contributed by atoms with Gasteiger partial charge in [0.15, 0.2) is 0 Å². The summed E-state index contributed by atoms with van der Waals surface area (Å²) in [5, 5.41) is 4.02. The van der Waals surface area contributed by atoms with Crippen LogP contribution < -0.4 is 5.73 Å². The monoisotopic (exact) mass is 279 g/mol. The molecule has 1 amide bonds. The smallest absolute Gasteiger partial charge is 0.264 e. The third-order valence-electron chi connectivity index (χ3n) is 2.51. The van der Waals surface area contributed by atoms with E-state index in [1.54, 1.807) is 13.8 Å². The van der Waals surface area contributed by atoms with Crippen molar-refractivity contribution < 1.29 is 13.2 Å². The number of carbonyl (C=O) groups is 1. The van der Waals surface area contributed by atoms with Crippen LogP contribution in [0.2, 0.25) is 0 Å². The molecule has 0 aliphatic heterocycles. The lowest BCUT2D eigenvalue weighted by Crippen LogP contribution is -2.27. The van der Waals surface area contributed by atoms with E-state index in [-0.39, 0.29) is 10.6 Å². The second-order valence-electron chi connectivity index (χ2n) is 3.71. The molecule has 8 heteroatoms. The van der Waals surface area contributed by atoms with Gasteiger partial charge >= 0.3 is 0 Å². The molecule has 1 atom stereocenters. The van der Waals surface area contributed by atoms with Crippen molar-refractivity contribution >= 4 is 25.6 Å². The van der Waals surface area contributed by atoms with Crippen molar-refractivity contribution in [1.82, 2.24) is 9.78 Å². The van der Waals surface area contributed by atoms with Gasteiger partial charge in [-0.15, -0.1) is 0 Å². The molecule has 1 heterocycles. The Hall–Kier alpha value is -1.08. The highest BCUT2D eigenvalue weighted by Gasteiger charge is 2.27. The van der Waals surface area contributed by atoms with E-state index < -0.39 is 21.0 Å². The van der Waals surface area contributed by atoms with Crippen molar-refractivity contribution in [1.29, 1.82) is 0 Å². The van der Waals surface area contributed by atoms with Gasteiger partial charge in [0.2, 0.25) is 5.91 Å². The predicted molar refractivity (Wildman–Crippen MR) is 63.3 cm³/mol. The Morgan fingerprint density at radius 2 is 2.06 bits per heavy atom. The van der Waals surface area contributed by atoms with Crippen LogP contribution in [0.4, 0.5) is 0 Å². The zero-order valence-electron chi connectivity index (χ0n) is 9.77. The van der Waals surface area contributed by atoms with Gasteiger partial charge in [0.05, 0.1) is 11.4 Å². The lowest BCUT2D eigenvalue weighted by molar-refractivity contribution is -0.121. The fourth-order valence-electron chi connectivity index (χ4n) is 1.80. The van der Waals surface area contributed by atoms with E-state index in [2.05, 4.69) is 5.10 Å². The maximum Gasteiger partial charge on any atom is 0.264 e. The normalized spacial score (nSPS) is 13.6. The third kappa shape index (κ3) is 2.61. The summed E-state index contributed by atoms with van der Waals surface area (Å²) in [7, 11) is 1.44. The maximum atomic E-state index is 11.4. The highest BCUT2D eigenvalue weighted by molar-refractivity contribution is 8.13. The summed E-state index contributed by atoms with van der Waals surface area (Å²) >= 11 is 0. The fraction of sp³-hybridized carbons (Fsp3) is 0.556. The lowest BCUT2D eigenvalue weighted by atomic mass is 10.2. The van der Waals surface area contributed by atoms with E-state index in [1.165, 1.54) is 11.6 Å². The second-order valence-corrected chi connectivity index (χ2v) is 6.21. The molecule has 96 valence electrons. The van der Waals surface area contributed by atoms with Crippen molar-refractivity contribution in [2.24, 2.45) is 5.73 Å². The molecule has 0 aliphatic carbocycles. The van der Waals surface area contributed by atoms with Gasteiger partial charge in [-0.1, -0.05) is 6.92 Å². The molecule has 1 aromatic rings. The predicted octanol–water partition coefficient (Wildman–Crippen LogP) is 0.864. The topological polar surface area (TPSA) is 95.1 Å². The quantitative estimate of drug-likeness (QED) is 0.827. The number of nitrogens with two attached hydrogens (primary N) is 1.